The molecule has 0 saturated carbocycles. The van der Waals surface area contributed by atoms with Gasteiger partial charge in [0.25, 0.3) is 0 Å². The Morgan fingerprint density at radius 3 is 3.00 bits per heavy atom. The second-order valence-electron chi connectivity index (χ2n) is 2.69. The molecule has 0 bridgehead atoms. The summed E-state index contributed by atoms with van der Waals surface area (Å²) in [7, 11) is 1.34. The van der Waals surface area contributed by atoms with Crippen molar-refractivity contribution in [3.05, 3.63) is 0 Å². The van der Waals surface area contributed by atoms with Gasteiger partial charge in [-0.2, -0.15) is 0 Å². The number of carbonyl (C=O) groups excluding carboxylic acids is 1. The maximum Gasteiger partial charge on any atom is 0.312 e. The first-order valence-corrected chi connectivity index (χ1v) is 3.72. The Morgan fingerprint density at radius 1 is 1.73 bits per heavy atom. The zero-order valence-electron chi connectivity index (χ0n) is 6.54. The van der Waals surface area contributed by atoms with Gasteiger partial charge in [0.2, 0.25) is 0 Å². The van der Waals surface area contributed by atoms with Crippen molar-refractivity contribution in [2.75, 3.05) is 20.2 Å². The van der Waals surface area contributed by atoms with Crippen LogP contribution in [0, 0.1) is 5.92 Å². The summed E-state index contributed by atoms with van der Waals surface area (Å²) in [6.07, 6.45) is 0.0865. The van der Waals surface area contributed by atoms with Crippen molar-refractivity contribution < 1.29 is 14.6 Å². The van der Waals surface area contributed by atoms with E-state index in [-0.39, 0.29) is 11.9 Å². The highest BCUT2D eigenvalue weighted by Gasteiger charge is 2.29. The van der Waals surface area contributed by atoms with E-state index in [4.69, 9.17) is 0 Å². The number of hydrogen-bond acceptors (Lipinski definition) is 4. The molecule has 1 heterocycles. The highest BCUT2D eigenvalue weighted by Crippen LogP contribution is 2.11. The summed E-state index contributed by atoms with van der Waals surface area (Å²) in [6, 6.07) is 0. The van der Waals surface area contributed by atoms with Gasteiger partial charge >= 0.3 is 5.97 Å². The number of aliphatic hydroxyl groups is 1. The molecule has 64 valence electrons. The zero-order chi connectivity index (χ0) is 8.27. The topological polar surface area (TPSA) is 58.6 Å². The third-order valence-corrected chi connectivity index (χ3v) is 1.95. The second kappa shape index (κ2) is 3.69. The van der Waals surface area contributed by atoms with Crippen molar-refractivity contribution in [2.45, 2.75) is 12.5 Å². The number of rotatable bonds is 1. The molecule has 4 heteroatoms. The molecular weight excluding hydrogens is 146 g/mol. The summed E-state index contributed by atoms with van der Waals surface area (Å²) in [4.78, 5) is 11.0. The maximum atomic E-state index is 11.0. The number of esters is 1. The second-order valence-corrected chi connectivity index (χ2v) is 2.69. The first-order valence-electron chi connectivity index (χ1n) is 3.72. The van der Waals surface area contributed by atoms with Crippen LogP contribution in [0.25, 0.3) is 0 Å². The number of ether oxygens (including phenoxy) is 1. The summed E-state index contributed by atoms with van der Waals surface area (Å²) in [5.74, 6) is -0.710. The normalized spacial score (nSPS) is 31.5. The fraction of sp³-hybridized carbons (Fsp3) is 0.857. The summed E-state index contributed by atoms with van der Waals surface area (Å²) < 4.78 is 4.52. The fourth-order valence-corrected chi connectivity index (χ4v) is 1.24. The molecule has 1 fully saturated rings. The Bertz CT molecular complexity index is 149. The van der Waals surface area contributed by atoms with Crippen LogP contribution in [0.15, 0.2) is 0 Å². The van der Waals surface area contributed by atoms with Crippen LogP contribution < -0.4 is 5.32 Å². The average molecular weight is 159 g/mol. The van der Waals surface area contributed by atoms with Crippen LogP contribution in [0.4, 0.5) is 0 Å². The summed E-state index contributed by atoms with van der Waals surface area (Å²) in [6.45, 7) is 1.29. The van der Waals surface area contributed by atoms with Gasteiger partial charge in [0.05, 0.1) is 19.1 Å². The summed E-state index contributed by atoms with van der Waals surface area (Å²) in [5.41, 5.74) is 0. The van der Waals surface area contributed by atoms with E-state index in [1.165, 1.54) is 7.11 Å². The maximum absolute atomic E-state index is 11.0. The Morgan fingerprint density at radius 2 is 2.45 bits per heavy atom. The number of hydrogen-bond donors (Lipinski definition) is 2. The quantitative estimate of drug-likeness (QED) is 0.488. The third-order valence-electron chi connectivity index (χ3n) is 1.95. The standard InChI is InChI=1S/C7H13NO3/c1-11-7(10)5-4-8-3-2-6(5)9/h5-6,8-9H,2-4H2,1H3/t5-,6-/m1/s1. The molecule has 0 unspecified atom stereocenters. The lowest BCUT2D eigenvalue weighted by Crippen LogP contribution is -2.44. The molecule has 0 amide bonds. The van der Waals surface area contributed by atoms with Gasteiger partial charge < -0.3 is 15.2 Å². The monoisotopic (exact) mass is 159 g/mol. The van der Waals surface area contributed by atoms with Crippen molar-refractivity contribution in [1.82, 2.24) is 5.32 Å². The van der Waals surface area contributed by atoms with E-state index in [1.54, 1.807) is 0 Å². The van der Waals surface area contributed by atoms with E-state index in [2.05, 4.69) is 10.1 Å². The summed E-state index contributed by atoms with van der Waals surface area (Å²) >= 11 is 0. The zero-order valence-corrected chi connectivity index (χ0v) is 6.54. The van der Waals surface area contributed by atoms with Crippen molar-refractivity contribution in [1.29, 1.82) is 0 Å². The molecule has 11 heavy (non-hydrogen) atoms. The van der Waals surface area contributed by atoms with Crippen LogP contribution in [0.2, 0.25) is 0 Å². The Kier molecular flexibility index (Phi) is 2.84. The lowest BCUT2D eigenvalue weighted by atomic mass is 9.96. The van der Waals surface area contributed by atoms with Gasteiger partial charge in [-0.25, -0.2) is 0 Å². The molecule has 1 saturated heterocycles. The largest absolute Gasteiger partial charge is 0.469 e. The lowest BCUT2D eigenvalue weighted by molar-refractivity contribution is -0.150. The van der Waals surface area contributed by atoms with E-state index in [9.17, 15) is 9.90 Å². The highest BCUT2D eigenvalue weighted by molar-refractivity contribution is 5.73. The molecule has 2 N–H and O–H groups in total. The van der Waals surface area contributed by atoms with Crippen LogP contribution in [-0.4, -0.2) is 37.4 Å². The Hall–Kier alpha value is -0.610. The number of piperidine rings is 1. The molecule has 0 spiro atoms. The van der Waals surface area contributed by atoms with Gasteiger partial charge in [0.15, 0.2) is 0 Å². The fourth-order valence-electron chi connectivity index (χ4n) is 1.24. The highest BCUT2D eigenvalue weighted by atomic mass is 16.5. The van der Waals surface area contributed by atoms with Gasteiger partial charge in [0, 0.05) is 6.54 Å². The summed E-state index contributed by atoms with van der Waals surface area (Å²) in [5, 5.41) is 12.3. The number of aliphatic hydroxyl groups excluding tert-OH is 1. The molecule has 0 aromatic rings. The van der Waals surface area contributed by atoms with Crippen molar-refractivity contribution >= 4 is 5.97 Å². The SMILES string of the molecule is COC(=O)[C@@H]1CNCC[C@H]1O. The van der Waals surface area contributed by atoms with Gasteiger partial charge in [-0.05, 0) is 13.0 Å². The molecule has 2 atom stereocenters. The minimum Gasteiger partial charge on any atom is -0.469 e. The van der Waals surface area contributed by atoms with Crippen LogP contribution in [-0.2, 0) is 9.53 Å². The van der Waals surface area contributed by atoms with Crippen LogP contribution in [0.5, 0.6) is 0 Å². The average Bonchev–Trinajstić information content (AvgIpc) is 2.04. The number of carbonyl (C=O) groups is 1. The van der Waals surface area contributed by atoms with Crippen LogP contribution in [0.1, 0.15) is 6.42 Å². The molecule has 4 nitrogen and oxygen atoms in total. The van der Waals surface area contributed by atoms with E-state index in [1.807, 2.05) is 0 Å². The predicted octanol–water partition coefficient (Wildman–Crippen LogP) is -0.870. The predicted molar refractivity (Wildman–Crippen MR) is 39.0 cm³/mol. The van der Waals surface area contributed by atoms with E-state index >= 15 is 0 Å². The number of methoxy groups -OCH3 is 1. The Labute approximate surface area is 65.5 Å². The molecule has 1 rings (SSSR count). The number of nitrogens with one attached hydrogen (secondary N) is 1. The molecule has 0 aromatic carbocycles. The van der Waals surface area contributed by atoms with Crippen molar-refractivity contribution in [2.24, 2.45) is 5.92 Å². The molecular formula is C7H13NO3. The lowest BCUT2D eigenvalue weighted by Gasteiger charge is -2.25. The molecule has 1 aliphatic heterocycles. The van der Waals surface area contributed by atoms with Gasteiger partial charge in [-0.1, -0.05) is 0 Å². The molecule has 1 aliphatic rings. The first kappa shape index (κ1) is 8.49. The minimum absolute atomic E-state index is 0.329. The molecule has 0 aliphatic carbocycles. The van der Waals surface area contributed by atoms with Gasteiger partial charge in [-0.3, -0.25) is 4.79 Å². The molecule has 0 aromatic heterocycles. The van der Waals surface area contributed by atoms with Crippen molar-refractivity contribution in [3.63, 3.8) is 0 Å². The Balaban J connectivity index is 2.47. The van der Waals surface area contributed by atoms with E-state index in [0.717, 1.165) is 6.54 Å². The van der Waals surface area contributed by atoms with Crippen LogP contribution >= 0.6 is 0 Å². The van der Waals surface area contributed by atoms with Gasteiger partial charge in [0.1, 0.15) is 0 Å². The minimum atomic E-state index is -0.538. The van der Waals surface area contributed by atoms with Gasteiger partial charge in [-0.15, -0.1) is 0 Å². The molecule has 0 radical (unpaired) electrons. The van der Waals surface area contributed by atoms with E-state index in [0.29, 0.717) is 13.0 Å². The smallest absolute Gasteiger partial charge is 0.312 e. The third kappa shape index (κ3) is 1.91. The van der Waals surface area contributed by atoms with E-state index < -0.39 is 6.10 Å². The van der Waals surface area contributed by atoms with Crippen molar-refractivity contribution in [3.8, 4) is 0 Å². The first-order chi connectivity index (χ1) is 5.25. The van der Waals surface area contributed by atoms with Crippen LogP contribution in [0.3, 0.4) is 0 Å².